The lowest BCUT2D eigenvalue weighted by atomic mass is 9.92. The van der Waals surface area contributed by atoms with E-state index in [1.165, 1.54) is 0 Å². The first-order valence-corrected chi connectivity index (χ1v) is 8.02. The van der Waals surface area contributed by atoms with Crippen LogP contribution < -0.4 is 10.6 Å². The van der Waals surface area contributed by atoms with Crippen LogP contribution in [0.25, 0.3) is 0 Å². The highest BCUT2D eigenvalue weighted by Crippen LogP contribution is 2.23. The number of hydrogen-bond acceptors (Lipinski definition) is 5. The number of likely N-dealkylation sites (tertiary alicyclic amines) is 1. The predicted molar refractivity (Wildman–Crippen MR) is 86.9 cm³/mol. The molecule has 124 valence electrons. The highest BCUT2D eigenvalue weighted by atomic mass is 16.5. The van der Waals surface area contributed by atoms with E-state index in [1.807, 2.05) is 7.05 Å². The maximum absolute atomic E-state index is 12.1. The summed E-state index contributed by atoms with van der Waals surface area (Å²) in [5.41, 5.74) is 0.762. The van der Waals surface area contributed by atoms with Crippen molar-refractivity contribution in [3.63, 3.8) is 0 Å². The third kappa shape index (κ3) is 4.81. The number of amides is 1. The summed E-state index contributed by atoms with van der Waals surface area (Å²) >= 11 is 0. The van der Waals surface area contributed by atoms with E-state index >= 15 is 0 Å². The molecule has 1 saturated heterocycles. The van der Waals surface area contributed by atoms with Gasteiger partial charge in [0.1, 0.15) is 0 Å². The third-order valence-electron chi connectivity index (χ3n) is 4.11. The smallest absolute Gasteiger partial charge is 0.240 e. The lowest BCUT2D eigenvalue weighted by Gasteiger charge is -2.31. The molecule has 6 nitrogen and oxygen atoms in total. The zero-order valence-electron chi connectivity index (χ0n) is 14.1. The molecule has 22 heavy (non-hydrogen) atoms. The van der Waals surface area contributed by atoms with Crippen LogP contribution in [-0.2, 0) is 10.2 Å². The topological polar surface area (TPSA) is 70.4 Å². The molecule has 1 aromatic heterocycles. The summed E-state index contributed by atoms with van der Waals surface area (Å²) in [4.78, 5) is 14.3. The number of nitrogens with one attached hydrogen (secondary N) is 2. The molecule has 0 aromatic carbocycles. The minimum absolute atomic E-state index is 0.0383. The number of carbonyl (C=O) groups is 1. The SMILES string of the molecule is CNCC1CCN(CC(=O)Nc2cc(C(C)(C)C)no2)CC1. The number of piperidine rings is 1. The molecule has 2 rings (SSSR count). The van der Waals surface area contributed by atoms with Gasteiger partial charge < -0.3 is 9.84 Å². The zero-order chi connectivity index (χ0) is 16.2. The molecule has 0 aliphatic carbocycles. The molecule has 1 amide bonds. The van der Waals surface area contributed by atoms with Crippen LogP contribution in [0.2, 0.25) is 0 Å². The van der Waals surface area contributed by atoms with Gasteiger partial charge >= 0.3 is 0 Å². The summed E-state index contributed by atoms with van der Waals surface area (Å²) in [6, 6.07) is 1.80. The van der Waals surface area contributed by atoms with Gasteiger partial charge in [-0.3, -0.25) is 15.0 Å². The second kappa shape index (κ2) is 7.24. The van der Waals surface area contributed by atoms with Gasteiger partial charge in [-0.25, -0.2) is 0 Å². The molecule has 0 atom stereocenters. The molecule has 2 heterocycles. The van der Waals surface area contributed by atoms with Crippen molar-refractivity contribution in [2.24, 2.45) is 5.92 Å². The Kier molecular flexibility index (Phi) is 5.58. The van der Waals surface area contributed by atoms with Crippen LogP contribution in [0.15, 0.2) is 10.6 Å². The van der Waals surface area contributed by atoms with E-state index in [0.29, 0.717) is 12.4 Å². The molecule has 1 aliphatic heterocycles. The number of carbonyl (C=O) groups excluding carboxylic acids is 1. The molecule has 0 radical (unpaired) electrons. The van der Waals surface area contributed by atoms with Crippen molar-refractivity contribution in [1.82, 2.24) is 15.4 Å². The molecule has 1 aliphatic rings. The summed E-state index contributed by atoms with van der Waals surface area (Å²) in [5.74, 6) is 1.12. The number of aromatic nitrogens is 1. The Labute approximate surface area is 132 Å². The second-order valence-electron chi connectivity index (χ2n) is 7.15. The van der Waals surface area contributed by atoms with E-state index in [1.54, 1.807) is 6.07 Å². The van der Waals surface area contributed by atoms with E-state index in [-0.39, 0.29) is 11.3 Å². The monoisotopic (exact) mass is 308 g/mol. The Hall–Kier alpha value is -1.40. The van der Waals surface area contributed by atoms with E-state index in [2.05, 4.69) is 41.5 Å². The Morgan fingerprint density at radius 3 is 2.64 bits per heavy atom. The van der Waals surface area contributed by atoms with Gasteiger partial charge in [0.25, 0.3) is 0 Å². The minimum Gasteiger partial charge on any atom is -0.338 e. The molecule has 0 bridgehead atoms. The fourth-order valence-corrected chi connectivity index (χ4v) is 2.70. The zero-order valence-corrected chi connectivity index (χ0v) is 14.1. The summed E-state index contributed by atoms with van der Waals surface area (Å²) < 4.78 is 5.19. The summed E-state index contributed by atoms with van der Waals surface area (Å²) in [5, 5.41) is 10.0. The Morgan fingerprint density at radius 1 is 1.41 bits per heavy atom. The highest BCUT2D eigenvalue weighted by molar-refractivity contribution is 5.91. The van der Waals surface area contributed by atoms with Gasteiger partial charge in [0.05, 0.1) is 12.2 Å². The van der Waals surface area contributed by atoms with Crippen molar-refractivity contribution in [3.8, 4) is 0 Å². The van der Waals surface area contributed by atoms with Crippen molar-refractivity contribution >= 4 is 11.8 Å². The van der Waals surface area contributed by atoms with Crippen molar-refractivity contribution in [2.45, 2.75) is 39.0 Å². The molecule has 2 N–H and O–H groups in total. The molecule has 1 fully saturated rings. The summed E-state index contributed by atoms with van der Waals surface area (Å²) in [6.07, 6.45) is 2.29. The summed E-state index contributed by atoms with van der Waals surface area (Å²) in [6.45, 7) is 9.61. The Morgan fingerprint density at radius 2 is 2.09 bits per heavy atom. The maximum Gasteiger partial charge on any atom is 0.240 e. The molecular weight excluding hydrogens is 280 g/mol. The van der Waals surface area contributed by atoms with E-state index in [4.69, 9.17) is 4.52 Å². The average Bonchev–Trinajstić information content (AvgIpc) is 2.89. The van der Waals surface area contributed by atoms with Gasteiger partial charge in [0, 0.05) is 11.5 Å². The Balaban J connectivity index is 1.78. The third-order valence-corrected chi connectivity index (χ3v) is 4.11. The van der Waals surface area contributed by atoms with Crippen molar-refractivity contribution in [2.75, 3.05) is 38.5 Å². The first-order chi connectivity index (χ1) is 10.4. The van der Waals surface area contributed by atoms with Crippen LogP contribution in [0.1, 0.15) is 39.3 Å². The molecular formula is C16H28N4O2. The number of nitrogens with zero attached hydrogens (tertiary/aromatic N) is 2. The number of hydrogen-bond donors (Lipinski definition) is 2. The predicted octanol–water partition coefficient (Wildman–Crippen LogP) is 1.84. The van der Waals surface area contributed by atoms with E-state index < -0.39 is 0 Å². The van der Waals surface area contributed by atoms with Crippen LogP contribution in [0.3, 0.4) is 0 Å². The minimum atomic E-state index is -0.0817. The lowest BCUT2D eigenvalue weighted by molar-refractivity contribution is -0.117. The van der Waals surface area contributed by atoms with Crippen molar-refractivity contribution in [1.29, 1.82) is 0 Å². The van der Waals surface area contributed by atoms with Crippen LogP contribution in [-0.4, -0.2) is 49.2 Å². The molecule has 0 spiro atoms. The molecule has 6 heteroatoms. The number of rotatable bonds is 5. The average molecular weight is 308 g/mol. The van der Waals surface area contributed by atoms with Gasteiger partial charge in [0.2, 0.25) is 11.8 Å². The van der Waals surface area contributed by atoms with Gasteiger partial charge in [-0.2, -0.15) is 0 Å². The van der Waals surface area contributed by atoms with Crippen LogP contribution in [0.4, 0.5) is 5.88 Å². The largest absolute Gasteiger partial charge is 0.338 e. The normalized spacial score (nSPS) is 17.6. The standard InChI is InChI=1S/C16H28N4O2/c1-16(2,3)13-9-15(22-19-13)18-14(21)11-20-7-5-12(6-8-20)10-17-4/h9,12,17H,5-8,10-11H2,1-4H3,(H,18,21). The fraction of sp³-hybridized carbons (Fsp3) is 0.750. The second-order valence-corrected chi connectivity index (χ2v) is 7.15. The molecule has 0 saturated carbocycles. The van der Waals surface area contributed by atoms with Crippen LogP contribution in [0, 0.1) is 5.92 Å². The van der Waals surface area contributed by atoms with Gasteiger partial charge in [-0.05, 0) is 45.4 Å². The van der Waals surface area contributed by atoms with E-state index in [0.717, 1.165) is 44.1 Å². The maximum atomic E-state index is 12.1. The molecule has 0 unspecified atom stereocenters. The Bertz CT molecular complexity index is 485. The van der Waals surface area contributed by atoms with Gasteiger partial charge in [0.15, 0.2) is 0 Å². The number of anilines is 1. The fourth-order valence-electron chi connectivity index (χ4n) is 2.70. The van der Waals surface area contributed by atoms with Crippen LogP contribution >= 0.6 is 0 Å². The summed E-state index contributed by atoms with van der Waals surface area (Å²) in [7, 11) is 1.99. The molecule has 1 aromatic rings. The van der Waals surface area contributed by atoms with E-state index in [9.17, 15) is 4.79 Å². The van der Waals surface area contributed by atoms with Crippen LogP contribution in [0.5, 0.6) is 0 Å². The highest BCUT2D eigenvalue weighted by Gasteiger charge is 2.22. The van der Waals surface area contributed by atoms with Crippen molar-refractivity contribution in [3.05, 3.63) is 11.8 Å². The first-order valence-electron chi connectivity index (χ1n) is 8.02. The quantitative estimate of drug-likeness (QED) is 0.868. The first kappa shape index (κ1) is 17.0. The van der Waals surface area contributed by atoms with Crippen molar-refractivity contribution < 1.29 is 9.32 Å². The lowest BCUT2D eigenvalue weighted by Crippen LogP contribution is -2.40. The van der Waals surface area contributed by atoms with Gasteiger partial charge in [-0.15, -0.1) is 0 Å². The van der Waals surface area contributed by atoms with Gasteiger partial charge in [-0.1, -0.05) is 25.9 Å².